The minimum atomic E-state index is -0.585. The van der Waals surface area contributed by atoms with E-state index in [2.05, 4.69) is 5.32 Å². The Bertz CT molecular complexity index is 990. The first-order chi connectivity index (χ1) is 13.2. The lowest BCUT2D eigenvalue weighted by molar-refractivity contribution is -0.119. The number of ether oxygens (including phenoxy) is 1. The van der Waals surface area contributed by atoms with Crippen molar-refractivity contribution in [2.45, 2.75) is 0 Å². The molecule has 0 radical (unpaired) electrons. The standard InChI is InChI=1S/C22H16N2O3/c23-14-19-8-4-5-9-20(19)24-21(25)15-27-22(26)18-12-10-17(11-13-18)16-6-2-1-3-7-16/h1-13H,15H2,(H,24,25). The molecule has 0 atom stereocenters. The van der Waals surface area contributed by atoms with E-state index in [1.54, 1.807) is 36.4 Å². The Labute approximate surface area is 156 Å². The molecule has 3 aromatic carbocycles. The van der Waals surface area contributed by atoms with Crippen LogP contribution >= 0.6 is 0 Å². The molecule has 0 aromatic heterocycles. The SMILES string of the molecule is N#Cc1ccccc1NC(=O)COC(=O)c1ccc(-c2ccccc2)cc1. The molecule has 0 spiro atoms. The summed E-state index contributed by atoms with van der Waals surface area (Å²) >= 11 is 0. The number of rotatable bonds is 5. The number of hydrogen-bond acceptors (Lipinski definition) is 4. The van der Waals surface area contributed by atoms with E-state index in [4.69, 9.17) is 10.00 Å². The van der Waals surface area contributed by atoms with Crippen LogP contribution in [0.1, 0.15) is 15.9 Å². The summed E-state index contributed by atoms with van der Waals surface area (Å²) in [7, 11) is 0. The molecule has 0 aliphatic heterocycles. The zero-order valence-electron chi connectivity index (χ0n) is 14.4. The highest BCUT2D eigenvalue weighted by Gasteiger charge is 2.12. The van der Waals surface area contributed by atoms with Crippen molar-refractivity contribution in [3.05, 3.63) is 90.0 Å². The van der Waals surface area contributed by atoms with Gasteiger partial charge >= 0.3 is 5.97 Å². The number of carbonyl (C=O) groups is 2. The molecule has 3 rings (SSSR count). The van der Waals surface area contributed by atoms with Gasteiger partial charge in [-0.2, -0.15) is 5.26 Å². The van der Waals surface area contributed by atoms with Gasteiger partial charge in [0.1, 0.15) is 6.07 Å². The van der Waals surface area contributed by atoms with Crippen molar-refractivity contribution in [2.75, 3.05) is 11.9 Å². The first kappa shape index (κ1) is 17.9. The first-order valence-corrected chi connectivity index (χ1v) is 8.29. The van der Waals surface area contributed by atoms with Crippen LogP contribution in [0.4, 0.5) is 5.69 Å². The Hall–Kier alpha value is -3.91. The quantitative estimate of drug-likeness (QED) is 0.700. The van der Waals surface area contributed by atoms with Crippen LogP contribution in [-0.2, 0) is 9.53 Å². The average Bonchev–Trinajstić information content (AvgIpc) is 2.73. The summed E-state index contributed by atoms with van der Waals surface area (Å²) in [5, 5.41) is 11.6. The van der Waals surface area contributed by atoms with Gasteiger partial charge < -0.3 is 10.1 Å². The van der Waals surface area contributed by atoms with Gasteiger partial charge in [0, 0.05) is 0 Å². The molecule has 0 aliphatic carbocycles. The third-order valence-electron chi connectivity index (χ3n) is 3.88. The van der Waals surface area contributed by atoms with Crippen LogP contribution in [-0.4, -0.2) is 18.5 Å². The maximum Gasteiger partial charge on any atom is 0.338 e. The molecule has 5 nitrogen and oxygen atoms in total. The number of anilines is 1. The molecule has 0 unspecified atom stereocenters. The fraction of sp³-hybridized carbons (Fsp3) is 0.0455. The molecule has 0 bridgehead atoms. The van der Waals surface area contributed by atoms with E-state index >= 15 is 0 Å². The highest BCUT2D eigenvalue weighted by atomic mass is 16.5. The minimum absolute atomic E-state index is 0.341. The number of nitrogens with zero attached hydrogens (tertiary/aromatic N) is 1. The van der Waals surface area contributed by atoms with Crippen LogP contribution in [0.15, 0.2) is 78.9 Å². The number of amides is 1. The Balaban J connectivity index is 1.57. The number of nitriles is 1. The van der Waals surface area contributed by atoms with Crippen molar-refractivity contribution >= 4 is 17.6 Å². The second kappa shape index (κ2) is 8.45. The van der Waals surface area contributed by atoms with Crippen LogP contribution in [0, 0.1) is 11.3 Å². The van der Waals surface area contributed by atoms with Crippen molar-refractivity contribution in [1.29, 1.82) is 5.26 Å². The topological polar surface area (TPSA) is 79.2 Å². The zero-order chi connectivity index (χ0) is 19.1. The van der Waals surface area contributed by atoms with Crippen LogP contribution in [0.2, 0.25) is 0 Å². The predicted octanol–water partition coefficient (Wildman–Crippen LogP) is 4.02. The Morgan fingerprint density at radius 1 is 0.852 bits per heavy atom. The van der Waals surface area contributed by atoms with E-state index < -0.39 is 18.5 Å². The summed E-state index contributed by atoms with van der Waals surface area (Å²) in [6.45, 7) is -0.432. The maximum absolute atomic E-state index is 12.1. The molecule has 1 N–H and O–H groups in total. The minimum Gasteiger partial charge on any atom is -0.452 e. The van der Waals surface area contributed by atoms with E-state index in [0.29, 0.717) is 16.8 Å². The van der Waals surface area contributed by atoms with Crippen molar-refractivity contribution in [2.24, 2.45) is 0 Å². The second-order valence-corrected chi connectivity index (χ2v) is 5.73. The number of benzene rings is 3. The monoisotopic (exact) mass is 356 g/mol. The maximum atomic E-state index is 12.1. The van der Waals surface area contributed by atoms with Gasteiger partial charge in [-0.3, -0.25) is 4.79 Å². The summed E-state index contributed by atoms with van der Waals surface area (Å²) in [5.74, 6) is -1.09. The third-order valence-corrected chi connectivity index (χ3v) is 3.88. The summed E-state index contributed by atoms with van der Waals surface area (Å²) in [5.41, 5.74) is 3.12. The fourth-order valence-electron chi connectivity index (χ4n) is 2.52. The molecule has 0 heterocycles. The number of esters is 1. The zero-order valence-corrected chi connectivity index (χ0v) is 14.4. The Morgan fingerprint density at radius 3 is 2.19 bits per heavy atom. The van der Waals surface area contributed by atoms with E-state index in [1.807, 2.05) is 48.5 Å². The molecule has 0 aliphatic rings. The number of nitrogens with one attached hydrogen (secondary N) is 1. The van der Waals surface area contributed by atoms with Gasteiger partial charge in [0.05, 0.1) is 16.8 Å². The molecule has 1 amide bonds. The molecule has 0 saturated carbocycles. The number of para-hydroxylation sites is 1. The summed E-state index contributed by atoms with van der Waals surface area (Å²) in [6, 6.07) is 25.4. The third kappa shape index (κ3) is 4.59. The lowest BCUT2D eigenvalue weighted by atomic mass is 10.0. The van der Waals surface area contributed by atoms with Crippen LogP contribution in [0.5, 0.6) is 0 Å². The summed E-state index contributed by atoms with van der Waals surface area (Å²) in [6.07, 6.45) is 0. The molecule has 0 fully saturated rings. The largest absolute Gasteiger partial charge is 0.452 e. The van der Waals surface area contributed by atoms with E-state index in [-0.39, 0.29) is 0 Å². The van der Waals surface area contributed by atoms with Crippen molar-refractivity contribution in [1.82, 2.24) is 0 Å². The number of hydrogen-bond donors (Lipinski definition) is 1. The first-order valence-electron chi connectivity index (χ1n) is 8.29. The van der Waals surface area contributed by atoms with Crippen molar-refractivity contribution < 1.29 is 14.3 Å². The second-order valence-electron chi connectivity index (χ2n) is 5.73. The van der Waals surface area contributed by atoms with Crippen LogP contribution < -0.4 is 5.32 Å². The Kier molecular flexibility index (Phi) is 5.60. The van der Waals surface area contributed by atoms with Gasteiger partial charge in [-0.25, -0.2) is 4.79 Å². The van der Waals surface area contributed by atoms with Crippen molar-refractivity contribution in [3.63, 3.8) is 0 Å². The highest BCUT2D eigenvalue weighted by molar-refractivity contribution is 5.96. The predicted molar refractivity (Wildman–Crippen MR) is 102 cm³/mol. The van der Waals surface area contributed by atoms with Crippen molar-refractivity contribution in [3.8, 4) is 17.2 Å². The van der Waals surface area contributed by atoms with Gasteiger partial charge in [-0.15, -0.1) is 0 Å². The molecular formula is C22H16N2O3. The molecule has 5 heteroatoms. The van der Waals surface area contributed by atoms with Crippen LogP contribution in [0.25, 0.3) is 11.1 Å². The molecule has 3 aromatic rings. The van der Waals surface area contributed by atoms with Gasteiger partial charge in [0.2, 0.25) is 0 Å². The molecule has 132 valence electrons. The summed E-state index contributed by atoms with van der Waals surface area (Å²) < 4.78 is 5.05. The lowest BCUT2D eigenvalue weighted by Crippen LogP contribution is -2.21. The number of carbonyl (C=O) groups excluding carboxylic acids is 2. The Morgan fingerprint density at radius 2 is 1.48 bits per heavy atom. The normalized spacial score (nSPS) is 9.89. The smallest absolute Gasteiger partial charge is 0.338 e. The fourth-order valence-corrected chi connectivity index (χ4v) is 2.52. The lowest BCUT2D eigenvalue weighted by Gasteiger charge is -2.08. The summed E-state index contributed by atoms with van der Waals surface area (Å²) in [4.78, 5) is 24.1. The molecule has 0 saturated heterocycles. The van der Waals surface area contributed by atoms with E-state index in [9.17, 15) is 9.59 Å². The van der Waals surface area contributed by atoms with Gasteiger partial charge in [-0.1, -0.05) is 54.6 Å². The van der Waals surface area contributed by atoms with E-state index in [1.165, 1.54) is 0 Å². The van der Waals surface area contributed by atoms with Gasteiger partial charge in [0.15, 0.2) is 6.61 Å². The molecule has 27 heavy (non-hydrogen) atoms. The van der Waals surface area contributed by atoms with Crippen LogP contribution in [0.3, 0.4) is 0 Å². The van der Waals surface area contributed by atoms with E-state index in [0.717, 1.165) is 11.1 Å². The molecular weight excluding hydrogens is 340 g/mol. The van der Waals surface area contributed by atoms with Gasteiger partial charge in [-0.05, 0) is 35.4 Å². The van der Waals surface area contributed by atoms with Gasteiger partial charge in [0.25, 0.3) is 5.91 Å². The highest BCUT2D eigenvalue weighted by Crippen LogP contribution is 2.19. The average molecular weight is 356 g/mol.